The lowest BCUT2D eigenvalue weighted by Gasteiger charge is -2.06. The van der Waals surface area contributed by atoms with Gasteiger partial charge in [0.25, 0.3) is 10.0 Å². The van der Waals surface area contributed by atoms with E-state index >= 15 is 0 Å². The predicted molar refractivity (Wildman–Crippen MR) is 76.3 cm³/mol. The minimum absolute atomic E-state index is 0.167. The van der Waals surface area contributed by atoms with Crippen LogP contribution in [0.15, 0.2) is 46.0 Å². The Morgan fingerprint density at radius 3 is 2.55 bits per heavy atom. The van der Waals surface area contributed by atoms with Crippen molar-refractivity contribution in [2.45, 2.75) is 11.1 Å². The highest BCUT2D eigenvalue weighted by atomic mass is 32.2. The van der Waals surface area contributed by atoms with E-state index in [0.717, 1.165) is 16.9 Å². The number of rotatable bonds is 5. The van der Waals surface area contributed by atoms with Crippen molar-refractivity contribution in [2.24, 2.45) is 0 Å². The highest BCUT2D eigenvalue weighted by Crippen LogP contribution is 2.15. The summed E-state index contributed by atoms with van der Waals surface area (Å²) in [6, 6.07) is 10.0. The molecule has 1 N–H and O–H groups in total. The monoisotopic (exact) mass is 311 g/mol. The van der Waals surface area contributed by atoms with E-state index < -0.39 is 22.5 Å². The van der Waals surface area contributed by atoms with Crippen LogP contribution in [0.1, 0.15) is 5.56 Å². The fourth-order valence-electron chi connectivity index (χ4n) is 1.42. The van der Waals surface area contributed by atoms with E-state index in [1.54, 1.807) is 35.7 Å². The van der Waals surface area contributed by atoms with Gasteiger partial charge in [-0.3, -0.25) is 4.79 Å². The van der Waals surface area contributed by atoms with E-state index in [-0.39, 0.29) is 4.21 Å². The molecule has 7 heteroatoms. The highest BCUT2D eigenvalue weighted by Gasteiger charge is 2.17. The second kappa shape index (κ2) is 6.17. The van der Waals surface area contributed by atoms with Gasteiger partial charge in [0.1, 0.15) is 16.5 Å². The van der Waals surface area contributed by atoms with Gasteiger partial charge in [-0.25, -0.2) is 8.42 Å². The van der Waals surface area contributed by atoms with E-state index in [1.807, 2.05) is 6.92 Å². The summed E-state index contributed by atoms with van der Waals surface area (Å²) in [7, 11) is -3.64. The summed E-state index contributed by atoms with van der Waals surface area (Å²) in [6.07, 6.45) is 0. The van der Waals surface area contributed by atoms with Gasteiger partial charge < -0.3 is 4.74 Å². The van der Waals surface area contributed by atoms with Crippen LogP contribution < -0.4 is 9.46 Å². The molecule has 0 spiro atoms. The molecule has 1 aromatic heterocycles. The molecule has 2 aromatic rings. The van der Waals surface area contributed by atoms with Gasteiger partial charge in [-0.15, -0.1) is 11.3 Å². The number of carbonyl (C=O) groups is 1. The topological polar surface area (TPSA) is 72.5 Å². The molecule has 5 nitrogen and oxygen atoms in total. The Kier molecular flexibility index (Phi) is 4.53. The minimum Gasteiger partial charge on any atom is -0.426 e. The molecule has 0 aliphatic carbocycles. The van der Waals surface area contributed by atoms with Crippen molar-refractivity contribution in [3.63, 3.8) is 0 Å². The Morgan fingerprint density at radius 1 is 1.25 bits per heavy atom. The Labute approximate surface area is 121 Å². The molecule has 0 saturated heterocycles. The first-order valence-corrected chi connectivity index (χ1v) is 8.14. The van der Waals surface area contributed by atoms with E-state index in [2.05, 4.69) is 4.72 Å². The Hall–Kier alpha value is -1.70. The van der Waals surface area contributed by atoms with Crippen molar-refractivity contribution in [3.05, 3.63) is 47.3 Å². The number of nitrogens with one attached hydrogen (secondary N) is 1. The first-order valence-electron chi connectivity index (χ1n) is 5.78. The summed E-state index contributed by atoms with van der Waals surface area (Å²) in [5.74, 6) is -0.273. The summed E-state index contributed by atoms with van der Waals surface area (Å²) in [5.41, 5.74) is 1.04. The van der Waals surface area contributed by atoms with Gasteiger partial charge in [0, 0.05) is 0 Å². The van der Waals surface area contributed by atoms with E-state index in [1.165, 1.54) is 6.07 Å². The standard InChI is InChI=1S/C13H13NO4S2/c1-10-4-6-11(7-5-10)18-12(15)9-14-20(16,17)13-3-2-8-19-13/h2-8,14H,9H2,1H3. The summed E-state index contributed by atoms with van der Waals surface area (Å²) in [5, 5.41) is 1.65. The number of hydrogen-bond acceptors (Lipinski definition) is 5. The molecule has 0 radical (unpaired) electrons. The maximum Gasteiger partial charge on any atom is 0.326 e. The average Bonchev–Trinajstić information content (AvgIpc) is 2.94. The molecule has 1 heterocycles. The van der Waals surface area contributed by atoms with E-state index in [9.17, 15) is 13.2 Å². The van der Waals surface area contributed by atoms with Crippen LogP contribution in [0.2, 0.25) is 0 Å². The Balaban J connectivity index is 1.91. The fourth-order valence-corrected chi connectivity index (χ4v) is 3.42. The summed E-state index contributed by atoms with van der Waals surface area (Å²) in [6.45, 7) is 1.51. The molecule has 0 fully saturated rings. The molecule has 0 bridgehead atoms. The lowest BCUT2D eigenvalue weighted by Crippen LogP contribution is -2.31. The average molecular weight is 311 g/mol. The second-order valence-electron chi connectivity index (χ2n) is 4.04. The van der Waals surface area contributed by atoms with Crippen molar-refractivity contribution < 1.29 is 17.9 Å². The van der Waals surface area contributed by atoms with Crippen LogP contribution in [0.25, 0.3) is 0 Å². The number of benzene rings is 1. The SMILES string of the molecule is Cc1ccc(OC(=O)CNS(=O)(=O)c2cccs2)cc1. The van der Waals surface area contributed by atoms with Gasteiger partial charge in [-0.2, -0.15) is 4.72 Å². The molecule has 0 atom stereocenters. The Bertz CT molecular complexity index is 676. The van der Waals surface area contributed by atoms with Crippen LogP contribution in [0.3, 0.4) is 0 Å². The molecule has 106 valence electrons. The van der Waals surface area contributed by atoms with Gasteiger partial charge in [0.2, 0.25) is 0 Å². The quantitative estimate of drug-likeness (QED) is 0.676. The third kappa shape index (κ3) is 3.89. The molecular formula is C13H13NO4S2. The zero-order chi connectivity index (χ0) is 14.6. The van der Waals surface area contributed by atoms with Gasteiger partial charge in [-0.05, 0) is 30.5 Å². The number of ether oxygens (including phenoxy) is 1. The van der Waals surface area contributed by atoms with Crippen LogP contribution in [-0.2, 0) is 14.8 Å². The number of hydrogen-bond donors (Lipinski definition) is 1. The number of aryl methyl sites for hydroxylation is 1. The first-order chi connectivity index (χ1) is 9.47. The molecular weight excluding hydrogens is 298 g/mol. The first kappa shape index (κ1) is 14.7. The second-order valence-corrected chi connectivity index (χ2v) is 6.99. The lowest BCUT2D eigenvalue weighted by molar-refractivity contribution is -0.133. The van der Waals surface area contributed by atoms with Gasteiger partial charge in [0.15, 0.2) is 0 Å². The van der Waals surface area contributed by atoms with E-state index in [0.29, 0.717) is 5.75 Å². The van der Waals surface area contributed by atoms with Crippen molar-refractivity contribution in [3.8, 4) is 5.75 Å². The van der Waals surface area contributed by atoms with Crippen LogP contribution in [0.5, 0.6) is 5.75 Å². The maximum absolute atomic E-state index is 11.8. The number of esters is 1. The van der Waals surface area contributed by atoms with Crippen LogP contribution in [0.4, 0.5) is 0 Å². The zero-order valence-corrected chi connectivity index (χ0v) is 12.3. The summed E-state index contributed by atoms with van der Waals surface area (Å²) >= 11 is 1.08. The van der Waals surface area contributed by atoms with Crippen LogP contribution in [0, 0.1) is 6.92 Å². The normalized spacial score (nSPS) is 11.2. The summed E-state index contributed by atoms with van der Waals surface area (Å²) in [4.78, 5) is 11.6. The molecule has 1 aromatic carbocycles. The van der Waals surface area contributed by atoms with E-state index in [4.69, 9.17) is 4.74 Å². The largest absolute Gasteiger partial charge is 0.426 e. The third-order valence-corrected chi connectivity index (χ3v) is 5.22. The maximum atomic E-state index is 11.8. The molecule has 0 aliphatic rings. The highest BCUT2D eigenvalue weighted by molar-refractivity contribution is 7.91. The number of thiophene rings is 1. The van der Waals surface area contributed by atoms with Crippen LogP contribution >= 0.6 is 11.3 Å². The number of carbonyl (C=O) groups excluding carboxylic acids is 1. The fraction of sp³-hybridized carbons (Fsp3) is 0.154. The van der Waals surface area contributed by atoms with Crippen molar-refractivity contribution in [2.75, 3.05) is 6.54 Å². The smallest absolute Gasteiger partial charge is 0.326 e. The van der Waals surface area contributed by atoms with Gasteiger partial charge >= 0.3 is 5.97 Å². The lowest BCUT2D eigenvalue weighted by atomic mass is 10.2. The molecule has 0 unspecified atom stereocenters. The van der Waals surface area contributed by atoms with Crippen molar-refractivity contribution >= 4 is 27.3 Å². The zero-order valence-electron chi connectivity index (χ0n) is 10.7. The molecule has 0 amide bonds. The van der Waals surface area contributed by atoms with Crippen molar-refractivity contribution in [1.82, 2.24) is 4.72 Å². The van der Waals surface area contributed by atoms with Gasteiger partial charge in [0.05, 0.1) is 0 Å². The third-order valence-electron chi connectivity index (χ3n) is 2.42. The predicted octanol–water partition coefficient (Wildman–Crippen LogP) is 1.94. The minimum atomic E-state index is -3.64. The molecule has 2 rings (SSSR count). The van der Waals surface area contributed by atoms with Gasteiger partial charge in [-0.1, -0.05) is 23.8 Å². The Morgan fingerprint density at radius 2 is 1.95 bits per heavy atom. The molecule has 20 heavy (non-hydrogen) atoms. The number of sulfonamides is 1. The summed E-state index contributed by atoms with van der Waals surface area (Å²) < 4.78 is 31.0. The van der Waals surface area contributed by atoms with Crippen molar-refractivity contribution in [1.29, 1.82) is 0 Å². The molecule has 0 aliphatic heterocycles. The molecule has 0 saturated carbocycles. The van der Waals surface area contributed by atoms with Crippen LogP contribution in [-0.4, -0.2) is 20.9 Å².